The van der Waals surface area contributed by atoms with Gasteiger partial charge < -0.3 is 14.7 Å². The van der Waals surface area contributed by atoms with Crippen LogP contribution in [0.3, 0.4) is 0 Å². The second-order valence-corrected chi connectivity index (χ2v) is 14.7. The molecule has 1 aromatic carbocycles. The van der Waals surface area contributed by atoms with Gasteiger partial charge in [-0.15, -0.1) is 0 Å². The number of hydrogen-bond acceptors (Lipinski definition) is 3. The fourth-order valence-electron chi connectivity index (χ4n) is 1.96. The number of ether oxygens (including phenoxy) is 1. The second-order valence-electron chi connectivity index (χ2n) is 8.77. The highest BCUT2D eigenvalue weighted by atomic mass is 127. The summed E-state index contributed by atoms with van der Waals surface area (Å²) in [5, 5.41) is -0.0695. The molecule has 144 valence electrons. The first kappa shape index (κ1) is 23.0. The van der Waals surface area contributed by atoms with Crippen molar-refractivity contribution in [2.45, 2.75) is 71.4 Å². The molecule has 26 heavy (non-hydrogen) atoms. The molecule has 1 rings (SSSR count). The summed E-state index contributed by atoms with van der Waals surface area (Å²) in [6.07, 6.45) is -0.788. The van der Waals surface area contributed by atoms with Crippen molar-refractivity contribution in [3.8, 4) is 0 Å². The predicted octanol–water partition coefficient (Wildman–Crippen LogP) is 5.37. The minimum atomic E-state index is -2.26. The Bertz CT molecular complexity index is 714. The minimum Gasteiger partial charge on any atom is -0.451 e. The maximum absolute atomic E-state index is 12.7. The zero-order valence-corrected chi connectivity index (χ0v) is 20.0. The summed E-state index contributed by atoms with van der Waals surface area (Å²) in [6, 6.07) is 7.61. The number of benzene rings is 1. The predicted molar refractivity (Wildman–Crippen MR) is 115 cm³/mol. The van der Waals surface area contributed by atoms with Crippen LogP contribution in [0.25, 0.3) is 5.53 Å². The summed E-state index contributed by atoms with van der Waals surface area (Å²) in [4.78, 5) is 16.0. The Labute approximate surface area is 171 Å². The summed E-state index contributed by atoms with van der Waals surface area (Å²) in [6.45, 7) is 15.9. The van der Waals surface area contributed by atoms with E-state index in [-0.39, 0.29) is 10.7 Å². The first-order valence-electron chi connectivity index (χ1n) is 8.57. The molecule has 0 fully saturated rings. The van der Waals surface area contributed by atoms with E-state index in [2.05, 4.69) is 61.2 Å². The molecular weight excluding hydrogens is 459 g/mol. The maximum atomic E-state index is 12.7. The molecule has 1 unspecified atom stereocenters. The molecule has 0 spiro atoms. The van der Waals surface area contributed by atoms with Gasteiger partial charge in [0.25, 0.3) is 0 Å². The lowest BCUT2D eigenvalue weighted by Crippen LogP contribution is -2.45. The van der Waals surface area contributed by atoms with Gasteiger partial charge in [0.05, 0.1) is 0 Å². The van der Waals surface area contributed by atoms with Crippen LogP contribution < -0.4 is 0 Å². The SMILES string of the molecule is CC(C)(C)OC(=O)C(=[N+]=[N-])C(O[Si](C)(C)C(C)(C)C)c1ccccc1I. The van der Waals surface area contributed by atoms with E-state index in [0.717, 1.165) is 9.13 Å². The zero-order chi connectivity index (χ0) is 20.3. The van der Waals surface area contributed by atoms with Crippen molar-refractivity contribution in [2.24, 2.45) is 0 Å². The standard InChI is InChI=1S/C19H29IN2O3Si/c1-18(2,3)24-17(23)15(22-21)16(13-11-9-10-12-14(13)20)25-26(7,8)19(4,5)6/h9-12,16H,1-8H3. The number of carbonyl (C=O) groups is 1. The molecule has 0 aliphatic heterocycles. The zero-order valence-electron chi connectivity index (χ0n) is 16.9. The number of rotatable bonds is 5. The van der Waals surface area contributed by atoms with Crippen molar-refractivity contribution in [1.82, 2.24) is 0 Å². The van der Waals surface area contributed by atoms with Crippen molar-refractivity contribution in [3.63, 3.8) is 0 Å². The van der Waals surface area contributed by atoms with E-state index in [9.17, 15) is 10.3 Å². The monoisotopic (exact) mass is 488 g/mol. The van der Waals surface area contributed by atoms with Gasteiger partial charge in [0.15, 0.2) is 14.4 Å². The van der Waals surface area contributed by atoms with Crippen LogP contribution in [-0.2, 0) is 14.0 Å². The Hall–Kier alpha value is -1.02. The second kappa shape index (κ2) is 8.33. The first-order valence-corrected chi connectivity index (χ1v) is 12.6. The van der Waals surface area contributed by atoms with Gasteiger partial charge in [-0.05, 0) is 67.6 Å². The third-order valence-electron chi connectivity index (χ3n) is 4.37. The summed E-state index contributed by atoms with van der Waals surface area (Å²) < 4.78 is 12.9. The van der Waals surface area contributed by atoms with E-state index in [1.807, 2.05) is 24.3 Å². The average molecular weight is 488 g/mol. The van der Waals surface area contributed by atoms with Crippen LogP contribution in [0.5, 0.6) is 0 Å². The van der Waals surface area contributed by atoms with E-state index in [1.54, 1.807) is 20.8 Å². The molecule has 0 aliphatic rings. The van der Waals surface area contributed by atoms with Crippen molar-refractivity contribution in [1.29, 1.82) is 0 Å². The first-order chi connectivity index (χ1) is 11.7. The Morgan fingerprint density at radius 2 is 1.69 bits per heavy atom. The summed E-state index contributed by atoms with van der Waals surface area (Å²) in [5.74, 6) is -0.677. The third kappa shape index (κ3) is 6.01. The van der Waals surface area contributed by atoms with Crippen LogP contribution in [0.15, 0.2) is 24.3 Å². The van der Waals surface area contributed by atoms with Gasteiger partial charge in [0.2, 0.25) is 0 Å². The van der Waals surface area contributed by atoms with Crippen LogP contribution in [0.2, 0.25) is 18.1 Å². The fraction of sp³-hybridized carbons (Fsp3) is 0.579. The highest BCUT2D eigenvalue weighted by Gasteiger charge is 2.46. The Balaban J connectivity index is 3.43. The number of hydrogen-bond donors (Lipinski definition) is 0. The Morgan fingerprint density at radius 1 is 1.15 bits per heavy atom. The molecule has 0 saturated carbocycles. The molecule has 0 aliphatic carbocycles. The van der Waals surface area contributed by atoms with E-state index >= 15 is 0 Å². The topological polar surface area (TPSA) is 71.9 Å². The lowest BCUT2D eigenvalue weighted by atomic mass is 10.0. The summed E-state index contributed by atoms with van der Waals surface area (Å²) >= 11 is 2.20. The van der Waals surface area contributed by atoms with Gasteiger partial charge in [0.1, 0.15) is 5.60 Å². The molecule has 0 radical (unpaired) electrons. The third-order valence-corrected chi connectivity index (χ3v) is 9.79. The average Bonchev–Trinajstić information content (AvgIpc) is 2.44. The van der Waals surface area contributed by atoms with Gasteiger partial charge in [-0.2, -0.15) is 4.79 Å². The van der Waals surface area contributed by atoms with Gasteiger partial charge in [0, 0.05) is 9.13 Å². The molecule has 0 heterocycles. The van der Waals surface area contributed by atoms with Crippen molar-refractivity contribution < 1.29 is 18.7 Å². The molecule has 0 N–H and O–H groups in total. The molecule has 0 saturated heterocycles. The molecule has 7 heteroatoms. The van der Waals surface area contributed by atoms with E-state index < -0.39 is 26.0 Å². The lowest BCUT2D eigenvalue weighted by molar-refractivity contribution is -0.152. The largest absolute Gasteiger partial charge is 0.451 e. The summed E-state index contributed by atoms with van der Waals surface area (Å²) in [5.41, 5.74) is 9.60. The molecule has 1 atom stereocenters. The lowest BCUT2D eigenvalue weighted by Gasteiger charge is -2.38. The number of halogens is 1. The van der Waals surface area contributed by atoms with Crippen LogP contribution in [0, 0.1) is 3.57 Å². The molecular formula is C19H29IN2O3Si. The number of nitrogens with zero attached hydrogens (tertiary/aromatic N) is 2. The van der Waals surface area contributed by atoms with Crippen molar-refractivity contribution >= 4 is 42.6 Å². The highest BCUT2D eigenvalue weighted by Crippen LogP contribution is 2.40. The van der Waals surface area contributed by atoms with E-state index in [4.69, 9.17) is 9.16 Å². The van der Waals surface area contributed by atoms with Gasteiger partial charge >= 0.3 is 11.7 Å². The molecule has 5 nitrogen and oxygen atoms in total. The van der Waals surface area contributed by atoms with Gasteiger partial charge in [-0.3, -0.25) is 0 Å². The molecule has 0 aromatic heterocycles. The van der Waals surface area contributed by atoms with Crippen LogP contribution in [-0.4, -0.2) is 30.4 Å². The van der Waals surface area contributed by atoms with E-state index in [0.29, 0.717) is 0 Å². The molecule has 1 aromatic rings. The van der Waals surface area contributed by atoms with Crippen molar-refractivity contribution in [3.05, 3.63) is 38.9 Å². The Morgan fingerprint density at radius 3 is 2.12 bits per heavy atom. The van der Waals surface area contributed by atoms with Crippen molar-refractivity contribution in [2.75, 3.05) is 0 Å². The maximum Gasteiger partial charge on any atom is 0.420 e. The van der Waals surface area contributed by atoms with Crippen LogP contribution in [0.4, 0.5) is 0 Å². The van der Waals surface area contributed by atoms with Crippen LogP contribution in [0.1, 0.15) is 53.2 Å². The normalized spacial score (nSPS) is 13.7. The van der Waals surface area contributed by atoms with E-state index in [1.165, 1.54) is 0 Å². The quantitative estimate of drug-likeness (QED) is 0.140. The smallest absolute Gasteiger partial charge is 0.420 e. The molecule has 0 bridgehead atoms. The number of esters is 1. The van der Waals surface area contributed by atoms with Gasteiger partial charge in [-0.1, -0.05) is 39.0 Å². The Kier molecular flexibility index (Phi) is 7.38. The van der Waals surface area contributed by atoms with Gasteiger partial charge in [-0.25, -0.2) is 4.79 Å². The summed E-state index contributed by atoms with van der Waals surface area (Å²) in [7, 11) is -2.26. The minimum absolute atomic E-state index is 0.0695. The fourth-order valence-corrected chi connectivity index (χ4v) is 3.81. The number of carbonyl (C=O) groups excluding carboxylic acids is 1. The highest BCUT2D eigenvalue weighted by molar-refractivity contribution is 14.1. The van der Waals surface area contributed by atoms with Crippen LogP contribution >= 0.6 is 22.6 Å². The molecule has 0 amide bonds.